The Morgan fingerprint density at radius 3 is 2.33 bits per heavy atom. The van der Waals surface area contributed by atoms with E-state index in [2.05, 4.69) is 76.2 Å². The number of likely N-dealkylation sites (tertiary alicyclic amines) is 1. The molecule has 4 amide bonds. The number of nitrogens with zero attached hydrogens (tertiary/aromatic N) is 9. The highest BCUT2D eigenvalue weighted by atomic mass is 35.5. The lowest BCUT2D eigenvalue weighted by Crippen LogP contribution is -2.57. The average molecular weight is 1470 g/mol. The fraction of sp³-hybridized carbons (Fsp3) is 0.467. The van der Waals surface area contributed by atoms with E-state index in [0.717, 1.165) is 90.8 Å². The maximum Gasteiger partial charge on any atom is 0.293 e. The Morgan fingerprint density at radius 1 is 0.883 bits per heavy atom. The summed E-state index contributed by atoms with van der Waals surface area (Å²) in [4.78, 5) is 93.3. The van der Waals surface area contributed by atoms with Crippen molar-refractivity contribution in [3.63, 3.8) is 0 Å². The Morgan fingerprint density at radius 2 is 1.61 bits per heavy atom. The number of rotatable bonds is 25. The van der Waals surface area contributed by atoms with Gasteiger partial charge in [-0.15, -0.1) is 11.3 Å². The number of sulfonamides is 1. The highest BCUT2D eigenvalue weighted by molar-refractivity contribution is 7.90. The molecule has 7 aromatic rings. The van der Waals surface area contributed by atoms with E-state index in [-0.39, 0.29) is 61.0 Å². The molecule has 0 spiro atoms. The van der Waals surface area contributed by atoms with Gasteiger partial charge >= 0.3 is 0 Å². The summed E-state index contributed by atoms with van der Waals surface area (Å²) in [6, 6.07) is 27.0. The number of nitro groups is 1. The molecule has 3 saturated heterocycles. The topological polar surface area (TPSA) is 293 Å². The highest BCUT2D eigenvalue weighted by Gasteiger charge is 2.45. The van der Waals surface area contributed by atoms with Crippen LogP contribution in [0.1, 0.15) is 100 Å². The molecule has 25 nitrogen and oxygen atoms in total. The Hall–Kier alpha value is -8.54. The first-order valence-electron chi connectivity index (χ1n) is 35.5. The number of nitrogens with one attached hydrogen (secondary N) is 5. The summed E-state index contributed by atoms with van der Waals surface area (Å²) < 4.78 is 42.9. The van der Waals surface area contributed by atoms with Gasteiger partial charge in [-0.05, 0) is 120 Å². The summed E-state index contributed by atoms with van der Waals surface area (Å²) in [7, 11) is -4.67. The van der Waals surface area contributed by atoms with Crippen LogP contribution in [0.25, 0.3) is 27.0 Å². The first-order chi connectivity index (χ1) is 49.3. The number of halogens is 1. The maximum atomic E-state index is 14.7. The van der Waals surface area contributed by atoms with Gasteiger partial charge in [-0.2, -0.15) is 4.98 Å². The van der Waals surface area contributed by atoms with E-state index in [1.165, 1.54) is 33.7 Å². The van der Waals surface area contributed by atoms with E-state index in [1.54, 1.807) is 29.1 Å². The van der Waals surface area contributed by atoms with E-state index in [9.17, 15) is 42.8 Å². The van der Waals surface area contributed by atoms with Crippen molar-refractivity contribution in [3.8, 4) is 16.3 Å². The van der Waals surface area contributed by atoms with Gasteiger partial charge in [0.2, 0.25) is 23.6 Å². The van der Waals surface area contributed by atoms with Gasteiger partial charge in [-0.1, -0.05) is 88.2 Å². The van der Waals surface area contributed by atoms with Crippen LogP contribution in [-0.2, 0) is 35.7 Å². The minimum Gasteiger partial charge on any atom is -0.476 e. The number of aromatic nitrogens is 3. The number of allylic oxidation sites excluding steroid dienone is 1. The minimum atomic E-state index is -4.67. The largest absolute Gasteiger partial charge is 0.476 e. The molecule has 28 heteroatoms. The van der Waals surface area contributed by atoms with Crippen molar-refractivity contribution in [1.29, 1.82) is 0 Å². The second kappa shape index (κ2) is 32.2. The number of ether oxygens (including phenoxy) is 2. The number of β-amino-alcohol motifs (C(OH)–C–C–N with tert-alkyl or cyclic N) is 1. The van der Waals surface area contributed by atoms with Crippen molar-refractivity contribution < 1.29 is 47.1 Å². The lowest BCUT2D eigenvalue weighted by molar-refractivity contribution is -0.384. The predicted octanol–water partition coefficient (Wildman–Crippen LogP) is 9.63. The van der Waals surface area contributed by atoms with Crippen LogP contribution in [0, 0.1) is 27.9 Å². The SMILES string of the molecule is Cc1ncsc1-c1ccc(CNC(=O)[C@@H]2C[C@@H](O)CN2C(=O)[C@@H](NC(=O)CCOCCN2CCN(CCNc3ccc(S(=O)(=O)NC(=O)c4ccc(N5CCN(CC6=C(c7ccc(Cl)cc7)CC(C)(C)CC6)CC5)cc4N4CCCOc5nc6[nH]ccc6cc54)cc3[N+](=O)[O-])CC2)C(C)(C)C)cc1. The zero-order valence-electron chi connectivity index (χ0n) is 59.3. The molecule has 0 unspecified atom stereocenters. The molecule has 5 aliphatic rings. The first kappa shape index (κ1) is 74.2. The lowest BCUT2D eigenvalue weighted by Gasteiger charge is -2.39. The van der Waals surface area contributed by atoms with Gasteiger partial charge in [-0.25, -0.2) is 18.1 Å². The summed E-state index contributed by atoms with van der Waals surface area (Å²) >= 11 is 7.88. The maximum absolute atomic E-state index is 14.7. The van der Waals surface area contributed by atoms with Gasteiger partial charge in [0.25, 0.3) is 21.6 Å². The number of thiazole rings is 1. The second-order valence-corrected chi connectivity index (χ2v) is 32.2. The molecule has 0 radical (unpaired) electrons. The number of fused-ring (bicyclic) bond motifs is 2. The van der Waals surface area contributed by atoms with Gasteiger partial charge in [0.1, 0.15) is 29.1 Å². The summed E-state index contributed by atoms with van der Waals surface area (Å²) in [5, 5.41) is 33.8. The van der Waals surface area contributed by atoms with Gasteiger partial charge < -0.3 is 50.2 Å². The molecule has 0 saturated carbocycles. The zero-order valence-corrected chi connectivity index (χ0v) is 61.7. The van der Waals surface area contributed by atoms with Crippen LogP contribution in [0.3, 0.4) is 0 Å². The number of carbonyl (C=O) groups is 4. The number of anilines is 4. The number of hydrogen-bond donors (Lipinski definition) is 6. The van der Waals surface area contributed by atoms with Crippen molar-refractivity contribution >= 4 is 102 Å². The van der Waals surface area contributed by atoms with E-state index >= 15 is 0 Å². The number of aliphatic hydroxyl groups excluding tert-OH is 1. The molecule has 12 rings (SSSR count). The molecular weight excluding hydrogens is 1370 g/mol. The van der Waals surface area contributed by atoms with Crippen LogP contribution in [-0.4, -0.2) is 206 Å². The minimum absolute atomic E-state index is 0.00688. The molecule has 7 heterocycles. The normalized spacial score (nSPS) is 18.8. The zero-order chi connectivity index (χ0) is 72.7. The summed E-state index contributed by atoms with van der Waals surface area (Å²) in [6.45, 7) is 21.9. The quantitative estimate of drug-likeness (QED) is 0.0176. The molecule has 3 aromatic heterocycles. The van der Waals surface area contributed by atoms with Crippen LogP contribution in [0.5, 0.6) is 5.88 Å². The lowest BCUT2D eigenvalue weighted by atomic mass is 9.72. The monoisotopic (exact) mass is 1460 g/mol. The van der Waals surface area contributed by atoms with Crippen LogP contribution in [0.15, 0.2) is 119 Å². The number of aryl methyl sites for hydroxylation is 1. The van der Waals surface area contributed by atoms with E-state index in [1.807, 2.05) is 93.3 Å². The fourth-order valence-electron chi connectivity index (χ4n) is 14.3. The molecule has 4 aromatic carbocycles. The number of pyridine rings is 1. The number of benzene rings is 4. The van der Waals surface area contributed by atoms with Crippen molar-refractivity contribution in [1.82, 2.24) is 49.9 Å². The summed E-state index contributed by atoms with van der Waals surface area (Å²) in [6.07, 6.45) is 4.69. The number of carbonyl (C=O) groups excluding carboxylic acids is 4. The van der Waals surface area contributed by atoms with Gasteiger partial charge in [0.15, 0.2) is 0 Å². The van der Waals surface area contributed by atoms with Crippen LogP contribution in [0.2, 0.25) is 5.02 Å². The number of hydrogen-bond acceptors (Lipinski definition) is 20. The molecule has 4 aliphatic heterocycles. The van der Waals surface area contributed by atoms with E-state index in [0.29, 0.717) is 99.9 Å². The Bertz CT molecular complexity index is 4370. The molecular formula is C75H93ClN14O11S2. The van der Waals surface area contributed by atoms with Gasteiger partial charge in [0.05, 0.1) is 63.1 Å². The van der Waals surface area contributed by atoms with Crippen molar-refractivity contribution in [2.45, 2.75) is 110 Å². The molecule has 548 valence electrons. The van der Waals surface area contributed by atoms with Gasteiger partial charge in [0, 0.05) is 139 Å². The van der Waals surface area contributed by atoms with Crippen LogP contribution in [0.4, 0.5) is 28.4 Å². The fourth-order valence-corrected chi connectivity index (χ4v) is 16.2. The predicted molar refractivity (Wildman–Crippen MR) is 401 cm³/mol. The standard InChI is InChI=1S/C75H93ClN14O11S2/c1-49-67(102-48-80-49)52-10-8-50(9-11-52)45-79-71(94)64-42-57(91)47-89(64)73(95)68(74(2,3)4)81-66(92)22-38-100-39-36-85-30-28-84(29-31-85)27-25-77-61-19-17-58(43-63(61)90(96)97)103(98,99)83-70(93)59-18-16-56(41-62(59)88-26-7-37-101-72-65(88)40-53-21-24-78-69(53)82-72)87-34-32-86(33-35-87)46-54-20-23-75(5,6)44-60(54)51-12-14-55(76)15-13-51/h8-19,21,24,40-41,43,48,57,64,68,77,91H,7,20,22-23,25-39,42,44-47H2,1-6H3,(H,78,82)(H,79,94)(H,81,92)(H,83,93)/t57-,64+,68-/m1/s1. The Labute approximate surface area is 610 Å². The number of aromatic amines is 1. The molecule has 3 fully saturated rings. The van der Waals surface area contributed by atoms with Gasteiger partial charge in [-0.3, -0.25) is 44.0 Å². The van der Waals surface area contributed by atoms with Crippen LogP contribution >= 0.6 is 22.9 Å². The molecule has 0 bridgehead atoms. The van der Waals surface area contributed by atoms with E-state index in [4.69, 9.17) is 26.1 Å². The molecule has 6 N–H and O–H groups in total. The Kier molecular flexibility index (Phi) is 23.2. The summed E-state index contributed by atoms with van der Waals surface area (Å²) in [5.74, 6) is -1.75. The van der Waals surface area contributed by atoms with E-state index < -0.39 is 60.9 Å². The third-order valence-electron chi connectivity index (χ3n) is 20.2. The number of amides is 4. The Balaban J connectivity index is 0.611. The second-order valence-electron chi connectivity index (χ2n) is 29.3. The van der Waals surface area contributed by atoms with Crippen LogP contribution < -0.4 is 35.2 Å². The molecule has 1 aliphatic carbocycles. The third-order valence-corrected chi connectivity index (χ3v) is 22.8. The van der Waals surface area contributed by atoms with Crippen molar-refractivity contribution in [3.05, 3.63) is 152 Å². The first-order valence-corrected chi connectivity index (χ1v) is 38.2. The molecule has 3 atom stereocenters. The number of piperazine rings is 2. The van der Waals surface area contributed by atoms with Crippen molar-refractivity contribution in [2.75, 3.05) is 127 Å². The number of H-pyrrole nitrogens is 1. The summed E-state index contributed by atoms with van der Waals surface area (Å²) in [5.41, 5.74) is 10.5. The highest BCUT2D eigenvalue weighted by Crippen LogP contribution is 2.45. The average Bonchev–Trinajstić information content (AvgIpc) is 1.75. The molecule has 103 heavy (non-hydrogen) atoms. The van der Waals surface area contributed by atoms with Crippen molar-refractivity contribution in [2.24, 2.45) is 10.8 Å². The smallest absolute Gasteiger partial charge is 0.293 e. The third kappa shape index (κ3) is 18.2. The number of aliphatic hydroxyl groups is 1. The number of nitro benzene ring substituents is 1.